The van der Waals surface area contributed by atoms with Crippen LogP contribution in [0.5, 0.6) is 0 Å². The van der Waals surface area contributed by atoms with Gasteiger partial charge in [0.25, 0.3) is 5.56 Å². The SMILES string of the molecule is CC.CN=Nc1c(C)[nH]n(-c2ccccc2)c1=O. The van der Waals surface area contributed by atoms with E-state index < -0.39 is 0 Å². The molecule has 2 aromatic rings. The zero-order valence-electron chi connectivity index (χ0n) is 11.1. The molecular weight excluding hydrogens is 228 g/mol. The number of H-pyrrole nitrogens is 1. The van der Waals surface area contributed by atoms with Crippen molar-refractivity contribution >= 4 is 5.69 Å². The van der Waals surface area contributed by atoms with E-state index in [1.165, 1.54) is 4.68 Å². The molecule has 0 unspecified atom stereocenters. The summed E-state index contributed by atoms with van der Waals surface area (Å²) in [5.74, 6) is 0. The van der Waals surface area contributed by atoms with Gasteiger partial charge in [0.15, 0.2) is 5.69 Å². The maximum atomic E-state index is 12.0. The lowest BCUT2D eigenvalue weighted by Gasteiger charge is -1.99. The molecule has 0 radical (unpaired) electrons. The summed E-state index contributed by atoms with van der Waals surface area (Å²) in [6.45, 7) is 5.80. The molecule has 5 heteroatoms. The molecule has 0 amide bonds. The third-order valence-electron chi connectivity index (χ3n) is 2.25. The van der Waals surface area contributed by atoms with Gasteiger partial charge in [-0.3, -0.25) is 9.89 Å². The van der Waals surface area contributed by atoms with E-state index in [9.17, 15) is 4.79 Å². The van der Waals surface area contributed by atoms with Gasteiger partial charge in [0.05, 0.1) is 11.4 Å². The van der Waals surface area contributed by atoms with Crippen molar-refractivity contribution in [1.82, 2.24) is 9.78 Å². The zero-order chi connectivity index (χ0) is 13.5. The largest absolute Gasteiger partial charge is 0.299 e. The van der Waals surface area contributed by atoms with Crippen molar-refractivity contribution in [3.63, 3.8) is 0 Å². The number of hydrogen-bond donors (Lipinski definition) is 1. The number of rotatable bonds is 2. The third-order valence-corrected chi connectivity index (χ3v) is 2.25. The summed E-state index contributed by atoms with van der Waals surface area (Å²) in [6.07, 6.45) is 0. The number of aromatic amines is 1. The first-order valence-corrected chi connectivity index (χ1v) is 5.91. The topological polar surface area (TPSA) is 62.5 Å². The lowest BCUT2D eigenvalue weighted by atomic mass is 10.3. The van der Waals surface area contributed by atoms with E-state index in [0.717, 1.165) is 5.69 Å². The van der Waals surface area contributed by atoms with Crippen LogP contribution in [0.4, 0.5) is 5.69 Å². The van der Waals surface area contributed by atoms with Crippen LogP contribution in [-0.4, -0.2) is 16.8 Å². The Morgan fingerprint density at radius 3 is 2.33 bits per heavy atom. The number of aryl methyl sites for hydroxylation is 1. The smallest absolute Gasteiger partial charge is 0.293 e. The highest BCUT2D eigenvalue weighted by Gasteiger charge is 2.10. The summed E-state index contributed by atoms with van der Waals surface area (Å²) in [4.78, 5) is 12.0. The molecule has 0 fully saturated rings. The van der Waals surface area contributed by atoms with Crippen LogP contribution in [0.3, 0.4) is 0 Å². The van der Waals surface area contributed by atoms with Crippen molar-refractivity contribution in [3.8, 4) is 5.69 Å². The van der Waals surface area contributed by atoms with E-state index in [1.807, 2.05) is 44.2 Å². The Balaban J connectivity index is 0.000000771. The number of nitrogens with zero attached hydrogens (tertiary/aromatic N) is 3. The van der Waals surface area contributed by atoms with E-state index >= 15 is 0 Å². The maximum Gasteiger partial charge on any atom is 0.299 e. The minimum atomic E-state index is -0.186. The van der Waals surface area contributed by atoms with E-state index in [4.69, 9.17) is 0 Å². The van der Waals surface area contributed by atoms with Crippen molar-refractivity contribution < 1.29 is 0 Å². The monoisotopic (exact) mass is 246 g/mol. The zero-order valence-corrected chi connectivity index (χ0v) is 11.1. The Morgan fingerprint density at radius 1 is 1.17 bits per heavy atom. The Labute approximate surface area is 106 Å². The molecule has 18 heavy (non-hydrogen) atoms. The second kappa shape index (κ2) is 6.54. The summed E-state index contributed by atoms with van der Waals surface area (Å²) >= 11 is 0. The fraction of sp³-hybridized carbons (Fsp3) is 0.308. The first-order valence-electron chi connectivity index (χ1n) is 5.91. The van der Waals surface area contributed by atoms with Gasteiger partial charge in [-0.1, -0.05) is 32.0 Å². The Hall–Kier alpha value is -2.17. The van der Waals surface area contributed by atoms with Crippen molar-refractivity contribution in [2.75, 3.05) is 7.05 Å². The Bertz CT molecular complexity index is 566. The number of para-hydroxylation sites is 1. The summed E-state index contributed by atoms with van der Waals surface area (Å²) in [7, 11) is 1.54. The van der Waals surface area contributed by atoms with Crippen LogP contribution in [0.25, 0.3) is 5.69 Å². The molecule has 5 nitrogen and oxygen atoms in total. The van der Waals surface area contributed by atoms with Crippen LogP contribution in [0.2, 0.25) is 0 Å². The molecule has 0 bridgehead atoms. The van der Waals surface area contributed by atoms with Gasteiger partial charge < -0.3 is 0 Å². The van der Waals surface area contributed by atoms with E-state index in [-0.39, 0.29) is 5.56 Å². The summed E-state index contributed by atoms with van der Waals surface area (Å²) < 4.78 is 1.46. The fourth-order valence-corrected chi connectivity index (χ4v) is 1.51. The fourth-order valence-electron chi connectivity index (χ4n) is 1.51. The van der Waals surface area contributed by atoms with Crippen molar-refractivity contribution in [1.29, 1.82) is 0 Å². The minimum absolute atomic E-state index is 0.186. The summed E-state index contributed by atoms with van der Waals surface area (Å²) in [5.41, 5.74) is 1.66. The number of nitrogens with one attached hydrogen (secondary N) is 1. The molecule has 0 atom stereocenters. The molecule has 1 N–H and O–H groups in total. The van der Waals surface area contributed by atoms with Crippen molar-refractivity contribution in [2.24, 2.45) is 10.2 Å². The molecule has 0 aliphatic carbocycles. The normalized spacial score (nSPS) is 10.2. The molecule has 0 saturated carbocycles. The molecule has 1 aromatic carbocycles. The van der Waals surface area contributed by atoms with Gasteiger partial charge in [-0.25, -0.2) is 4.68 Å². The van der Waals surface area contributed by atoms with Gasteiger partial charge in [-0.15, -0.1) is 5.11 Å². The first kappa shape index (κ1) is 13.9. The third kappa shape index (κ3) is 2.74. The predicted octanol–water partition coefficient (Wildman–Crippen LogP) is 3.21. The lowest BCUT2D eigenvalue weighted by molar-refractivity contribution is 0.835. The molecule has 0 aliphatic heterocycles. The van der Waals surface area contributed by atoms with Gasteiger partial charge in [0, 0.05) is 7.05 Å². The lowest BCUT2D eigenvalue weighted by Crippen LogP contribution is -2.13. The number of hydrogen-bond acceptors (Lipinski definition) is 3. The van der Waals surface area contributed by atoms with Gasteiger partial charge in [0.1, 0.15) is 0 Å². The molecule has 0 spiro atoms. The van der Waals surface area contributed by atoms with Crippen LogP contribution >= 0.6 is 0 Å². The highest BCUT2D eigenvalue weighted by Crippen LogP contribution is 2.13. The maximum absolute atomic E-state index is 12.0. The van der Waals surface area contributed by atoms with Crippen LogP contribution in [-0.2, 0) is 0 Å². The second-order valence-corrected chi connectivity index (χ2v) is 3.36. The Kier molecular flexibility index (Phi) is 5.05. The van der Waals surface area contributed by atoms with Crippen LogP contribution in [0.1, 0.15) is 19.5 Å². The molecular formula is C13H18N4O. The van der Waals surface area contributed by atoms with Crippen molar-refractivity contribution in [2.45, 2.75) is 20.8 Å². The highest BCUT2D eigenvalue weighted by molar-refractivity contribution is 5.42. The van der Waals surface area contributed by atoms with Gasteiger partial charge >= 0.3 is 0 Å². The van der Waals surface area contributed by atoms with Gasteiger partial charge in [-0.2, -0.15) is 5.11 Å². The standard InChI is InChI=1S/C11H12N4O.C2H6/c1-8-10(13-12-2)11(16)15(14-8)9-6-4-3-5-7-9;1-2/h3-7,14H,1-2H3;1-2H3. The highest BCUT2D eigenvalue weighted by atomic mass is 16.1. The summed E-state index contributed by atoms with van der Waals surface area (Å²) in [5, 5.41) is 10.4. The minimum Gasteiger partial charge on any atom is -0.293 e. The first-order chi connectivity index (χ1) is 8.74. The molecule has 0 aliphatic rings. The average molecular weight is 246 g/mol. The van der Waals surface area contributed by atoms with E-state index in [1.54, 1.807) is 14.0 Å². The average Bonchev–Trinajstić information content (AvgIpc) is 2.71. The molecule has 1 heterocycles. The van der Waals surface area contributed by atoms with Crippen LogP contribution < -0.4 is 5.56 Å². The van der Waals surface area contributed by atoms with Gasteiger partial charge in [-0.05, 0) is 19.1 Å². The molecule has 1 aromatic heterocycles. The summed E-state index contributed by atoms with van der Waals surface area (Å²) in [6, 6.07) is 9.35. The quantitative estimate of drug-likeness (QED) is 0.812. The number of azo groups is 1. The molecule has 0 saturated heterocycles. The predicted molar refractivity (Wildman–Crippen MR) is 72.9 cm³/mol. The van der Waals surface area contributed by atoms with E-state index in [0.29, 0.717) is 11.4 Å². The number of aromatic nitrogens is 2. The number of benzene rings is 1. The molecule has 2 rings (SSSR count). The van der Waals surface area contributed by atoms with Crippen LogP contribution in [0, 0.1) is 6.92 Å². The Morgan fingerprint density at radius 2 is 1.78 bits per heavy atom. The molecule has 96 valence electrons. The van der Waals surface area contributed by atoms with Gasteiger partial charge in [0.2, 0.25) is 0 Å². The second-order valence-electron chi connectivity index (χ2n) is 3.36. The van der Waals surface area contributed by atoms with E-state index in [2.05, 4.69) is 15.3 Å². The van der Waals surface area contributed by atoms with Crippen LogP contribution in [0.15, 0.2) is 45.4 Å². The van der Waals surface area contributed by atoms with Crippen molar-refractivity contribution in [3.05, 3.63) is 46.4 Å².